The van der Waals surface area contributed by atoms with Crippen LogP contribution in [0.3, 0.4) is 0 Å². The van der Waals surface area contributed by atoms with Crippen LogP contribution in [0.1, 0.15) is 37.8 Å². The third-order valence-electron chi connectivity index (χ3n) is 3.35. The molecule has 0 saturated carbocycles. The first-order valence-electron chi connectivity index (χ1n) is 7.06. The SMILES string of the molecule is CCCCN(CC(=O)Nc1ccc(C)c(C)c1)C(C)=O. The molecule has 1 aromatic carbocycles. The molecule has 1 rings (SSSR count). The number of amides is 2. The van der Waals surface area contributed by atoms with Gasteiger partial charge in [0.1, 0.15) is 0 Å². The first kappa shape index (κ1) is 16.2. The molecular weight excluding hydrogens is 252 g/mol. The van der Waals surface area contributed by atoms with E-state index in [0.717, 1.165) is 24.1 Å². The summed E-state index contributed by atoms with van der Waals surface area (Å²) < 4.78 is 0. The molecule has 0 aliphatic carbocycles. The predicted molar refractivity (Wildman–Crippen MR) is 81.7 cm³/mol. The van der Waals surface area contributed by atoms with Crippen molar-refractivity contribution in [1.82, 2.24) is 4.90 Å². The van der Waals surface area contributed by atoms with Crippen LogP contribution in [0.2, 0.25) is 0 Å². The highest BCUT2D eigenvalue weighted by molar-refractivity contribution is 5.94. The number of carbonyl (C=O) groups excluding carboxylic acids is 2. The van der Waals surface area contributed by atoms with E-state index in [4.69, 9.17) is 0 Å². The van der Waals surface area contributed by atoms with Gasteiger partial charge in [0.15, 0.2) is 0 Å². The Kier molecular flexibility index (Phi) is 6.22. The lowest BCUT2D eigenvalue weighted by Crippen LogP contribution is -2.37. The first-order valence-corrected chi connectivity index (χ1v) is 7.06. The number of carbonyl (C=O) groups is 2. The van der Waals surface area contributed by atoms with Crippen molar-refractivity contribution in [3.05, 3.63) is 29.3 Å². The van der Waals surface area contributed by atoms with Crippen molar-refractivity contribution in [1.29, 1.82) is 0 Å². The van der Waals surface area contributed by atoms with Gasteiger partial charge in [-0.25, -0.2) is 0 Å². The van der Waals surface area contributed by atoms with Gasteiger partial charge in [0.25, 0.3) is 0 Å². The molecule has 0 saturated heterocycles. The molecule has 0 fully saturated rings. The van der Waals surface area contributed by atoms with Crippen LogP contribution in [-0.2, 0) is 9.59 Å². The highest BCUT2D eigenvalue weighted by Gasteiger charge is 2.13. The topological polar surface area (TPSA) is 49.4 Å². The molecule has 4 heteroatoms. The molecule has 0 heterocycles. The Morgan fingerprint density at radius 2 is 1.90 bits per heavy atom. The third kappa shape index (κ3) is 5.03. The fraction of sp³-hybridized carbons (Fsp3) is 0.500. The number of hydrogen-bond donors (Lipinski definition) is 1. The standard InChI is InChI=1S/C16H24N2O2/c1-5-6-9-18(14(4)19)11-16(20)17-15-8-7-12(2)13(3)10-15/h7-8,10H,5-6,9,11H2,1-4H3,(H,17,20). The molecule has 20 heavy (non-hydrogen) atoms. The van der Waals surface area contributed by atoms with Gasteiger partial charge < -0.3 is 10.2 Å². The molecule has 0 unspecified atom stereocenters. The summed E-state index contributed by atoms with van der Waals surface area (Å²) in [6, 6.07) is 5.80. The monoisotopic (exact) mass is 276 g/mol. The summed E-state index contributed by atoms with van der Waals surface area (Å²) in [6.07, 6.45) is 1.92. The number of benzene rings is 1. The molecule has 0 radical (unpaired) electrons. The van der Waals surface area contributed by atoms with Crippen LogP contribution in [0, 0.1) is 13.8 Å². The van der Waals surface area contributed by atoms with Crippen LogP contribution in [0.4, 0.5) is 5.69 Å². The number of nitrogens with zero attached hydrogens (tertiary/aromatic N) is 1. The number of anilines is 1. The van der Waals surface area contributed by atoms with E-state index in [9.17, 15) is 9.59 Å². The Morgan fingerprint density at radius 1 is 1.20 bits per heavy atom. The Hall–Kier alpha value is -1.84. The van der Waals surface area contributed by atoms with Gasteiger partial charge in [0, 0.05) is 19.2 Å². The van der Waals surface area contributed by atoms with Gasteiger partial charge in [0.2, 0.25) is 11.8 Å². The summed E-state index contributed by atoms with van der Waals surface area (Å²) in [7, 11) is 0. The van der Waals surface area contributed by atoms with Crippen molar-refractivity contribution in [2.75, 3.05) is 18.4 Å². The number of rotatable bonds is 6. The zero-order valence-electron chi connectivity index (χ0n) is 12.8. The minimum absolute atomic E-state index is 0.0614. The third-order valence-corrected chi connectivity index (χ3v) is 3.35. The van der Waals surface area contributed by atoms with Crippen molar-refractivity contribution < 1.29 is 9.59 Å². The second-order valence-electron chi connectivity index (χ2n) is 5.14. The highest BCUT2D eigenvalue weighted by Crippen LogP contribution is 2.14. The molecule has 0 bridgehead atoms. The van der Waals surface area contributed by atoms with Gasteiger partial charge in [-0.05, 0) is 43.5 Å². The summed E-state index contributed by atoms with van der Waals surface area (Å²) in [4.78, 5) is 25.0. The van der Waals surface area contributed by atoms with Gasteiger partial charge in [-0.3, -0.25) is 9.59 Å². The van der Waals surface area contributed by atoms with E-state index in [-0.39, 0.29) is 18.4 Å². The van der Waals surface area contributed by atoms with E-state index < -0.39 is 0 Å². The van der Waals surface area contributed by atoms with Gasteiger partial charge in [-0.1, -0.05) is 19.4 Å². The largest absolute Gasteiger partial charge is 0.334 e. The van der Waals surface area contributed by atoms with Crippen molar-refractivity contribution in [2.45, 2.75) is 40.5 Å². The number of hydrogen-bond acceptors (Lipinski definition) is 2. The second kappa shape index (κ2) is 7.68. The zero-order valence-corrected chi connectivity index (χ0v) is 12.8. The van der Waals surface area contributed by atoms with Crippen molar-refractivity contribution in [2.24, 2.45) is 0 Å². The fourth-order valence-electron chi connectivity index (χ4n) is 1.89. The molecule has 4 nitrogen and oxygen atoms in total. The number of aryl methyl sites for hydroxylation is 2. The minimum Gasteiger partial charge on any atom is -0.334 e. The first-order chi connectivity index (χ1) is 9.43. The number of unbranched alkanes of at least 4 members (excludes halogenated alkanes) is 1. The maximum absolute atomic E-state index is 12.0. The molecule has 1 aromatic rings. The van der Waals surface area contributed by atoms with Crippen LogP contribution >= 0.6 is 0 Å². The molecule has 0 spiro atoms. The quantitative estimate of drug-likeness (QED) is 0.868. The van der Waals surface area contributed by atoms with E-state index in [2.05, 4.69) is 12.2 Å². The molecule has 0 atom stereocenters. The smallest absolute Gasteiger partial charge is 0.243 e. The fourth-order valence-corrected chi connectivity index (χ4v) is 1.89. The molecule has 2 amide bonds. The molecule has 0 aliphatic rings. The van der Waals surface area contributed by atoms with Gasteiger partial charge in [-0.15, -0.1) is 0 Å². The van der Waals surface area contributed by atoms with E-state index >= 15 is 0 Å². The Bertz CT molecular complexity index is 483. The highest BCUT2D eigenvalue weighted by atomic mass is 16.2. The van der Waals surface area contributed by atoms with Crippen molar-refractivity contribution >= 4 is 17.5 Å². The number of nitrogens with one attached hydrogen (secondary N) is 1. The predicted octanol–water partition coefficient (Wildman–Crippen LogP) is 2.89. The molecule has 1 N–H and O–H groups in total. The van der Waals surface area contributed by atoms with E-state index in [1.165, 1.54) is 12.5 Å². The normalized spacial score (nSPS) is 10.2. The maximum Gasteiger partial charge on any atom is 0.243 e. The molecule has 0 aromatic heterocycles. The zero-order chi connectivity index (χ0) is 15.1. The average Bonchev–Trinajstić information content (AvgIpc) is 2.38. The van der Waals surface area contributed by atoms with Crippen LogP contribution in [0.5, 0.6) is 0 Å². The van der Waals surface area contributed by atoms with Crippen LogP contribution < -0.4 is 5.32 Å². The second-order valence-corrected chi connectivity index (χ2v) is 5.14. The minimum atomic E-state index is -0.153. The van der Waals surface area contributed by atoms with Gasteiger partial charge >= 0.3 is 0 Å². The Labute approximate surface area is 121 Å². The maximum atomic E-state index is 12.0. The van der Waals surface area contributed by atoms with E-state index in [1.807, 2.05) is 32.0 Å². The molecule has 110 valence electrons. The van der Waals surface area contributed by atoms with Crippen LogP contribution in [-0.4, -0.2) is 29.8 Å². The Morgan fingerprint density at radius 3 is 2.45 bits per heavy atom. The van der Waals surface area contributed by atoms with Crippen molar-refractivity contribution in [3.8, 4) is 0 Å². The Balaban J connectivity index is 2.60. The lowest BCUT2D eigenvalue weighted by molar-refractivity contribution is -0.132. The van der Waals surface area contributed by atoms with E-state index in [0.29, 0.717) is 6.54 Å². The van der Waals surface area contributed by atoms with Gasteiger partial charge in [0.05, 0.1) is 6.54 Å². The van der Waals surface area contributed by atoms with Crippen LogP contribution in [0.15, 0.2) is 18.2 Å². The lowest BCUT2D eigenvalue weighted by atomic mass is 10.1. The molecular formula is C16H24N2O2. The lowest BCUT2D eigenvalue weighted by Gasteiger charge is -2.20. The summed E-state index contributed by atoms with van der Waals surface area (Å²) >= 11 is 0. The summed E-state index contributed by atoms with van der Waals surface area (Å²) in [6.45, 7) is 8.35. The summed E-state index contributed by atoms with van der Waals surface area (Å²) in [5.41, 5.74) is 3.10. The van der Waals surface area contributed by atoms with Gasteiger partial charge in [-0.2, -0.15) is 0 Å². The summed E-state index contributed by atoms with van der Waals surface area (Å²) in [5, 5.41) is 2.84. The van der Waals surface area contributed by atoms with E-state index in [1.54, 1.807) is 4.90 Å². The van der Waals surface area contributed by atoms with Crippen LogP contribution in [0.25, 0.3) is 0 Å². The summed E-state index contributed by atoms with van der Waals surface area (Å²) in [5.74, 6) is -0.215. The molecule has 0 aliphatic heterocycles. The van der Waals surface area contributed by atoms with Crippen molar-refractivity contribution in [3.63, 3.8) is 0 Å². The average molecular weight is 276 g/mol.